The molecule has 1 aliphatic heterocycles. The lowest BCUT2D eigenvalue weighted by Crippen LogP contribution is -2.31. The minimum atomic E-state index is 0.446. The zero-order chi connectivity index (χ0) is 12.4. The molecule has 96 valence electrons. The summed E-state index contributed by atoms with van der Waals surface area (Å²) in [6.07, 6.45) is 5.24. The van der Waals surface area contributed by atoms with Crippen molar-refractivity contribution in [2.75, 3.05) is 18.4 Å². The lowest BCUT2D eigenvalue weighted by molar-refractivity contribution is 0.630. The third-order valence-electron chi connectivity index (χ3n) is 3.28. The van der Waals surface area contributed by atoms with E-state index in [9.17, 15) is 0 Å². The van der Waals surface area contributed by atoms with Gasteiger partial charge in [-0.3, -0.25) is 0 Å². The Balaban J connectivity index is 1.86. The van der Waals surface area contributed by atoms with Gasteiger partial charge in [-0.15, -0.1) is 0 Å². The SMILES string of the molecule is Cc1cc(NC2CCCCNC2)n2ncnc2n1. The molecule has 0 aromatic carbocycles. The van der Waals surface area contributed by atoms with E-state index >= 15 is 0 Å². The monoisotopic (exact) mass is 246 g/mol. The Hall–Kier alpha value is -1.69. The summed E-state index contributed by atoms with van der Waals surface area (Å²) in [5.74, 6) is 1.63. The fraction of sp³-hybridized carbons (Fsp3) is 0.583. The molecule has 3 heterocycles. The van der Waals surface area contributed by atoms with Gasteiger partial charge in [0.15, 0.2) is 0 Å². The van der Waals surface area contributed by atoms with Crippen molar-refractivity contribution in [3.05, 3.63) is 18.1 Å². The Morgan fingerprint density at radius 2 is 2.39 bits per heavy atom. The summed E-state index contributed by atoms with van der Waals surface area (Å²) >= 11 is 0. The highest BCUT2D eigenvalue weighted by atomic mass is 15.4. The quantitative estimate of drug-likeness (QED) is 0.827. The fourth-order valence-electron chi connectivity index (χ4n) is 2.38. The maximum atomic E-state index is 4.34. The van der Waals surface area contributed by atoms with E-state index in [0.717, 1.165) is 24.6 Å². The molecule has 0 amide bonds. The lowest BCUT2D eigenvalue weighted by atomic mass is 10.1. The van der Waals surface area contributed by atoms with Gasteiger partial charge in [0, 0.05) is 24.3 Å². The summed E-state index contributed by atoms with van der Waals surface area (Å²) in [6, 6.07) is 2.47. The van der Waals surface area contributed by atoms with Crippen LogP contribution in [0.4, 0.5) is 5.82 Å². The van der Waals surface area contributed by atoms with E-state index in [4.69, 9.17) is 0 Å². The number of fused-ring (bicyclic) bond motifs is 1. The van der Waals surface area contributed by atoms with Crippen molar-refractivity contribution in [2.24, 2.45) is 0 Å². The fourth-order valence-corrected chi connectivity index (χ4v) is 2.38. The Bertz CT molecular complexity index is 526. The molecular weight excluding hydrogens is 228 g/mol. The van der Waals surface area contributed by atoms with Crippen molar-refractivity contribution < 1.29 is 0 Å². The van der Waals surface area contributed by atoms with Crippen LogP contribution >= 0.6 is 0 Å². The first kappa shape index (κ1) is 11.4. The summed E-state index contributed by atoms with van der Waals surface area (Å²) in [7, 11) is 0. The number of nitrogens with one attached hydrogen (secondary N) is 2. The summed E-state index contributed by atoms with van der Waals surface area (Å²) in [4.78, 5) is 8.48. The predicted octanol–water partition coefficient (Wildman–Crippen LogP) is 0.987. The van der Waals surface area contributed by atoms with E-state index in [1.54, 1.807) is 4.52 Å². The highest BCUT2D eigenvalue weighted by molar-refractivity contribution is 5.45. The van der Waals surface area contributed by atoms with Gasteiger partial charge in [0.2, 0.25) is 0 Å². The van der Waals surface area contributed by atoms with Gasteiger partial charge in [-0.05, 0) is 26.3 Å². The third-order valence-corrected chi connectivity index (χ3v) is 3.28. The molecule has 1 saturated heterocycles. The Labute approximate surface area is 106 Å². The maximum Gasteiger partial charge on any atom is 0.254 e. The second-order valence-corrected chi connectivity index (χ2v) is 4.80. The average molecular weight is 246 g/mol. The summed E-state index contributed by atoms with van der Waals surface area (Å²) < 4.78 is 1.76. The second kappa shape index (κ2) is 4.89. The van der Waals surface area contributed by atoms with Gasteiger partial charge < -0.3 is 10.6 Å². The van der Waals surface area contributed by atoms with Gasteiger partial charge in [0.25, 0.3) is 5.78 Å². The molecule has 2 N–H and O–H groups in total. The number of aromatic nitrogens is 4. The smallest absolute Gasteiger partial charge is 0.254 e. The molecule has 2 aromatic rings. The number of hydrogen-bond donors (Lipinski definition) is 2. The highest BCUT2D eigenvalue weighted by Crippen LogP contribution is 2.14. The molecule has 2 aromatic heterocycles. The number of aryl methyl sites for hydroxylation is 1. The van der Waals surface area contributed by atoms with E-state index in [-0.39, 0.29) is 0 Å². The van der Waals surface area contributed by atoms with E-state index in [0.29, 0.717) is 11.8 Å². The van der Waals surface area contributed by atoms with Crippen LogP contribution in [0.25, 0.3) is 5.78 Å². The average Bonchev–Trinajstić information content (AvgIpc) is 2.66. The largest absolute Gasteiger partial charge is 0.366 e. The van der Waals surface area contributed by atoms with Crippen LogP contribution in [0.3, 0.4) is 0 Å². The summed E-state index contributed by atoms with van der Waals surface area (Å²) in [6.45, 7) is 4.09. The molecular formula is C12H18N6. The molecule has 1 fully saturated rings. The van der Waals surface area contributed by atoms with E-state index in [2.05, 4.69) is 25.7 Å². The molecule has 1 aliphatic rings. The van der Waals surface area contributed by atoms with Crippen molar-refractivity contribution in [3.63, 3.8) is 0 Å². The van der Waals surface area contributed by atoms with Crippen LogP contribution in [-0.4, -0.2) is 38.7 Å². The first-order valence-corrected chi connectivity index (χ1v) is 6.47. The van der Waals surface area contributed by atoms with Crippen LogP contribution in [-0.2, 0) is 0 Å². The molecule has 0 bridgehead atoms. The number of anilines is 1. The van der Waals surface area contributed by atoms with Crippen LogP contribution in [0.2, 0.25) is 0 Å². The Morgan fingerprint density at radius 3 is 3.33 bits per heavy atom. The molecule has 0 radical (unpaired) electrons. The number of hydrogen-bond acceptors (Lipinski definition) is 5. The van der Waals surface area contributed by atoms with Crippen molar-refractivity contribution in [2.45, 2.75) is 32.2 Å². The second-order valence-electron chi connectivity index (χ2n) is 4.80. The van der Waals surface area contributed by atoms with Crippen molar-refractivity contribution >= 4 is 11.6 Å². The Kier molecular flexibility index (Phi) is 3.10. The molecule has 6 nitrogen and oxygen atoms in total. The van der Waals surface area contributed by atoms with Crippen LogP contribution in [0.5, 0.6) is 0 Å². The predicted molar refractivity (Wildman–Crippen MR) is 69.7 cm³/mol. The van der Waals surface area contributed by atoms with E-state index in [1.807, 2.05) is 13.0 Å². The standard InChI is InChI=1S/C12H18N6/c1-9-6-11(18-12(16-9)14-8-15-18)17-10-4-2-3-5-13-7-10/h6,8,10,13,17H,2-5,7H2,1H3. The first-order chi connectivity index (χ1) is 8.83. The molecule has 6 heteroatoms. The first-order valence-electron chi connectivity index (χ1n) is 6.47. The van der Waals surface area contributed by atoms with Gasteiger partial charge in [0.1, 0.15) is 12.1 Å². The molecule has 0 saturated carbocycles. The number of nitrogens with zero attached hydrogens (tertiary/aromatic N) is 4. The molecule has 1 atom stereocenters. The van der Waals surface area contributed by atoms with Crippen molar-refractivity contribution in [1.82, 2.24) is 24.9 Å². The van der Waals surface area contributed by atoms with Gasteiger partial charge in [-0.25, -0.2) is 4.98 Å². The minimum absolute atomic E-state index is 0.446. The molecule has 1 unspecified atom stereocenters. The normalized spacial score (nSPS) is 20.8. The van der Waals surface area contributed by atoms with Crippen LogP contribution < -0.4 is 10.6 Å². The van der Waals surface area contributed by atoms with Crippen LogP contribution in [0, 0.1) is 6.92 Å². The van der Waals surface area contributed by atoms with Gasteiger partial charge in [-0.2, -0.15) is 14.6 Å². The highest BCUT2D eigenvalue weighted by Gasteiger charge is 2.14. The summed E-state index contributed by atoms with van der Waals surface area (Å²) in [5, 5.41) is 11.2. The lowest BCUT2D eigenvalue weighted by Gasteiger charge is -2.18. The van der Waals surface area contributed by atoms with Crippen molar-refractivity contribution in [3.8, 4) is 0 Å². The zero-order valence-corrected chi connectivity index (χ0v) is 10.6. The van der Waals surface area contributed by atoms with E-state index < -0.39 is 0 Å². The maximum absolute atomic E-state index is 4.34. The van der Waals surface area contributed by atoms with Crippen molar-refractivity contribution in [1.29, 1.82) is 0 Å². The van der Waals surface area contributed by atoms with Gasteiger partial charge in [-0.1, -0.05) is 6.42 Å². The Morgan fingerprint density at radius 1 is 1.44 bits per heavy atom. The number of rotatable bonds is 2. The molecule has 3 rings (SSSR count). The molecule has 0 aliphatic carbocycles. The van der Waals surface area contributed by atoms with E-state index in [1.165, 1.54) is 25.6 Å². The molecule has 18 heavy (non-hydrogen) atoms. The van der Waals surface area contributed by atoms with Gasteiger partial charge in [0.05, 0.1) is 0 Å². The zero-order valence-electron chi connectivity index (χ0n) is 10.6. The minimum Gasteiger partial charge on any atom is -0.366 e. The van der Waals surface area contributed by atoms with Gasteiger partial charge >= 0.3 is 0 Å². The topological polar surface area (TPSA) is 67.1 Å². The van der Waals surface area contributed by atoms with Crippen LogP contribution in [0.15, 0.2) is 12.4 Å². The third kappa shape index (κ3) is 2.28. The van der Waals surface area contributed by atoms with Crippen LogP contribution in [0.1, 0.15) is 25.0 Å². The summed E-state index contributed by atoms with van der Waals surface area (Å²) in [5.41, 5.74) is 0.958. The molecule has 0 spiro atoms.